The van der Waals surface area contributed by atoms with Crippen molar-refractivity contribution in [1.82, 2.24) is 10.6 Å². The first-order valence-electron chi connectivity index (χ1n) is 8.65. The van der Waals surface area contributed by atoms with Gasteiger partial charge in [0.15, 0.2) is 19.8 Å². The number of aliphatic hydroxyl groups excluding tert-OH is 1. The van der Waals surface area contributed by atoms with Gasteiger partial charge in [-0.1, -0.05) is 29.7 Å². The Hall–Kier alpha value is -3.30. The summed E-state index contributed by atoms with van der Waals surface area (Å²) in [6, 6.07) is 0. The maximum absolute atomic E-state index is 10.9. The molecular weight excluding hydrogens is 488 g/mol. The molecule has 0 radical (unpaired) electrons. The third-order valence-electron chi connectivity index (χ3n) is 2.52. The molecule has 0 aromatic heterocycles. The molecule has 0 heterocycles. The summed E-state index contributed by atoms with van der Waals surface area (Å²) < 4.78 is 26.4. The van der Waals surface area contributed by atoms with E-state index in [1.807, 2.05) is 0 Å². The SMILES string of the molecule is C.C.C.C.CNC(=O)CO.CNC(=O)COC(=O)COC(=O)COC.COCC(=O)OCC(=O)OC. The van der Waals surface area contributed by atoms with Crippen molar-refractivity contribution in [3.63, 3.8) is 0 Å². The molecule has 3 N–H and O–H groups in total. The predicted octanol–water partition coefficient (Wildman–Crippen LogP) is -0.917. The lowest BCUT2D eigenvalue weighted by Gasteiger charge is -2.04. The highest BCUT2D eigenvalue weighted by atomic mass is 16.6. The van der Waals surface area contributed by atoms with E-state index in [4.69, 9.17) is 5.11 Å². The van der Waals surface area contributed by atoms with Crippen molar-refractivity contribution in [2.75, 3.05) is 75.1 Å². The Labute approximate surface area is 214 Å². The molecule has 36 heavy (non-hydrogen) atoms. The minimum atomic E-state index is -0.789. The number of likely N-dealkylation sites (N-methyl/N-ethyl adjacent to an activating group) is 2. The van der Waals surface area contributed by atoms with Gasteiger partial charge in [-0.2, -0.15) is 0 Å². The molecule has 0 unspecified atom stereocenters. The van der Waals surface area contributed by atoms with Crippen LogP contribution in [0.1, 0.15) is 29.7 Å². The van der Waals surface area contributed by atoms with Crippen LogP contribution in [-0.4, -0.2) is 116 Å². The zero-order chi connectivity index (χ0) is 25.4. The molecule has 0 bridgehead atoms. The topological polar surface area (TPSA) is 202 Å². The number of aliphatic hydroxyl groups is 1. The molecule has 0 spiro atoms. The van der Waals surface area contributed by atoms with E-state index in [1.165, 1.54) is 35.4 Å². The van der Waals surface area contributed by atoms with Gasteiger partial charge in [0.25, 0.3) is 5.91 Å². The van der Waals surface area contributed by atoms with E-state index in [2.05, 4.69) is 39.1 Å². The number of rotatable bonds is 11. The predicted molar refractivity (Wildman–Crippen MR) is 131 cm³/mol. The second-order valence-corrected chi connectivity index (χ2v) is 4.93. The molecule has 0 saturated carbocycles. The van der Waals surface area contributed by atoms with Crippen molar-refractivity contribution in [1.29, 1.82) is 0 Å². The van der Waals surface area contributed by atoms with E-state index in [-0.39, 0.29) is 55.4 Å². The van der Waals surface area contributed by atoms with Crippen molar-refractivity contribution in [3.05, 3.63) is 0 Å². The van der Waals surface area contributed by atoms with Crippen molar-refractivity contribution in [3.8, 4) is 0 Å². The fourth-order valence-electron chi connectivity index (χ4n) is 0.996. The molecule has 0 saturated heterocycles. The molecule has 2 amide bonds. The number of carbonyl (C=O) groups excluding carboxylic acids is 6. The monoisotopic (exact) mass is 534 g/mol. The number of carbonyl (C=O) groups is 6. The van der Waals surface area contributed by atoms with E-state index in [1.54, 1.807) is 0 Å². The average Bonchev–Trinajstić information content (AvgIpc) is 2.80. The van der Waals surface area contributed by atoms with Crippen LogP contribution in [0.25, 0.3) is 0 Å². The van der Waals surface area contributed by atoms with Crippen molar-refractivity contribution >= 4 is 35.7 Å². The average molecular weight is 535 g/mol. The maximum Gasteiger partial charge on any atom is 0.344 e. The summed E-state index contributed by atoms with van der Waals surface area (Å²) >= 11 is 0. The van der Waals surface area contributed by atoms with E-state index < -0.39 is 49.6 Å². The molecule has 0 rings (SSSR count). The number of nitrogens with one attached hydrogen (secondary N) is 2. The van der Waals surface area contributed by atoms with Crippen LogP contribution in [0.5, 0.6) is 0 Å². The van der Waals surface area contributed by atoms with Crippen molar-refractivity contribution < 1.29 is 62.3 Å². The van der Waals surface area contributed by atoms with Crippen LogP contribution in [0.15, 0.2) is 0 Å². The van der Waals surface area contributed by atoms with Gasteiger partial charge >= 0.3 is 23.9 Å². The zero-order valence-electron chi connectivity index (χ0n) is 18.6. The van der Waals surface area contributed by atoms with Crippen LogP contribution in [-0.2, 0) is 57.2 Å². The van der Waals surface area contributed by atoms with Gasteiger partial charge < -0.3 is 44.2 Å². The first-order chi connectivity index (χ1) is 15.1. The highest BCUT2D eigenvalue weighted by Gasteiger charge is 2.09. The van der Waals surface area contributed by atoms with Gasteiger partial charge in [0.1, 0.15) is 19.8 Å². The van der Waals surface area contributed by atoms with E-state index in [9.17, 15) is 28.8 Å². The van der Waals surface area contributed by atoms with Gasteiger partial charge in [0.05, 0.1) is 7.11 Å². The second kappa shape index (κ2) is 36.3. The first kappa shape index (κ1) is 49.8. The summed E-state index contributed by atoms with van der Waals surface area (Å²) in [6.45, 7) is -2.09. The van der Waals surface area contributed by atoms with E-state index >= 15 is 0 Å². The van der Waals surface area contributed by atoms with Gasteiger partial charge in [-0.05, 0) is 0 Å². The Kier molecular flexibility index (Phi) is 50.1. The Morgan fingerprint density at radius 1 is 0.556 bits per heavy atom. The number of amides is 2. The minimum absolute atomic E-state index is 0. The Morgan fingerprint density at radius 2 is 0.889 bits per heavy atom. The summed E-state index contributed by atoms with van der Waals surface area (Å²) in [5.74, 6) is -3.42. The van der Waals surface area contributed by atoms with Crippen molar-refractivity contribution in [2.24, 2.45) is 0 Å². The molecule has 0 atom stereocenters. The summed E-state index contributed by atoms with van der Waals surface area (Å²) in [6.07, 6.45) is 0. The Bertz CT molecular complexity index is 578. The smallest absolute Gasteiger partial charge is 0.344 e. The first-order valence-corrected chi connectivity index (χ1v) is 8.65. The number of hydrogen-bond acceptors (Lipinski definition) is 13. The van der Waals surface area contributed by atoms with Crippen LogP contribution in [0.3, 0.4) is 0 Å². The molecule has 0 aliphatic heterocycles. The molecule has 0 aliphatic rings. The molecule has 15 nitrogen and oxygen atoms in total. The van der Waals surface area contributed by atoms with Gasteiger partial charge in [-0.3, -0.25) is 9.59 Å². The van der Waals surface area contributed by atoms with Gasteiger partial charge in [-0.15, -0.1) is 0 Å². The molecule has 15 heteroatoms. The van der Waals surface area contributed by atoms with Crippen LogP contribution in [0.2, 0.25) is 0 Å². The second-order valence-electron chi connectivity index (χ2n) is 4.93. The molecule has 0 fully saturated rings. The maximum atomic E-state index is 10.9. The standard InChI is InChI=1S/C8H13NO6.C6H10O5.C3H7NO2.4CH4/c1-9-6(10)3-14-8(12)5-15-7(11)4-13-2;1-9-3-6(8)11-4-5(7)10-2;1-4-3(6)2-5;;;;/h3-5H2,1-2H3,(H,9,10);3-4H2,1-2H3;5H,2H2,1H3,(H,4,6);4*1H4. The summed E-state index contributed by atoms with van der Waals surface area (Å²) in [5, 5.41) is 12.4. The van der Waals surface area contributed by atoms with Crippen LogP contribution < -0.4 is 10.6 Å². The van der Waals surface area contributed by atoms with Gasteiger partial charge in [0, 0.05) is 28.3 Å². The number of esters is 4. The fourth-order valence-corrected chi connectivity index (χ4v) is 0.996. The number of hydrogen-bond donors (Lipinski definition) is 3. The molecule has 0 aliphatic carbocycles. The van der Waals surface area contributed by atoms with E-state index in [0.717, 1.165) is 0 Å². The Balaban J connectivity index is -0.0000000715. The molecule has 0 aromatic rings. The summed E-state index contributed by atoms with van der Waals surface area (Å²) in [5.41, 5.74) is 0. The van der Waals surface area contributed by atoms with Crippen molar-refractivity contribution in [2.45, 2.75) is 29.7 Å². The van der Waals surface area contributed by atoms with Crippen LogP contribution in [0.4, 0.5) is 0 Å². The highest BCUT2D eigenvalue weighted by Crippen LogP contribution is 1.84. The minimum Gasteiger partial charge on any atom is -0.466 e. The third-order valence-corrected chi connectivity index (χ3v) is 2.52. The van der Waals surface area contributed by atoms with E-state index in [0.29, 0.717) is 0 Å². The lowest BCUT2D eigenvalue weighted by atomic mass is 10.6. The van der Waals surface area contributed by atoms with Gasteiger partial charge in [0.2, 0.25) is 5.91 Å². The van der Waals surface area contributed by atoms with Gasteiger partial charge in [-0.25, -0.2) is 19.2 Å². The fraction of sp³-hybridized carbons (Fsp3) is 0.714. The lowest BCUT2D eigenvalue weighted by Crippen LogP contribution is -2.27. The van der Waals surface area contributed by atoms with Crippen LogP contribution >= 0.6 is 0 Å². The zero-order valence-corrected chi connectivity index (χ0v) is 18.6. The summed E-state index contributed by atoms with van der Waals surface area (Å²) in [7, 11) is 6.78. The summed E-state index contributed by atoms with van der Waals surface area (Å²) in [4.78, 5) is 62.9. The molecule has 218 valence electrons. The number of methoxy groups -OCH3 is 3. The third kappa shape index (κ3) is 41.0. The largest absolute Gasteiger partial charge is 0.466 e. The molecule has 0 aromatic carbocycles. The lowest BCUT2D eigenvalue weighted by molar-refractivity contribution is -0.162. The number of ether oxygens (including phenoxy) is 6. The van der Waals surface area contributed by atoms with Crippen LogP contribution in [0, 0.1) is 0 Å². The Morgan fingerprint density at radius 3 is 1.17 bits per heavy atom. The quantitative estimate of drug-likeness (QED) is 0.217. The normalized spacial score (nSPS) is 7.83. The molecular formula is C21H46N2O13. The highest BCUT2D eigenvalue weighted by molar-refractivity contribution is 5.81.